The Balaban J connectivity index is 1.35. The van der Waals surface area contributed by atoms with Gasteiger partial charge in [-0.15, -0.1) is 5.10 Å². The van der Waals surface area contributed by atoms with Crippen LogP contribution in [-0.2, 0) is 6.54 Å². The van der Waals surface area contributed by atoms with Crippen molar-refractivity contribution in [2.24, 2.45) is 0 Å². The summed E-state index contributed by atoms with van der Waals surface area (Å²) in [5, 5.41) is 12.4. The van der Waals surface area contributed by atoms with Gasteiger partial charge in [-0.1, -0.05) is 66.7 Å². The molecule has 0 saturated carbocycles. The van der Waals surface area contributed by atoms with Crippen LogP contribution in [0.4, 0.5) is 0 Å². The third-order valence-electron chi connectivity index (χ3n) is 5.57. The zero-order valence-corrected chi connectivity index (χ0v) is 17.9. The normalized spacial score (nSPS) is 16.0. The molecule has 1 aromatic heterocycles. The highest BCUT2D eigenvalue weighted by Crippen LogP contribution is 2.24. The van der Waals surface area contributed by atoms with Crippen LogP contribution in [0, 0.1) is 0 Å². The highest BCUT2D eigenvalue weighted by atomic mass is 15.5. The highest BCUT2D eigenvalue weighted by molar-refractivity contribution is 5.60. The Bertz CT molecular complexity index is 955. The fourth-order valence-electron chi connectivity index (χ4n) is 3.87. The van der Waals surface area contributed by atoms with Gasteiger partial charge in [-0.2, -0.15) is 0 Å². The zero-order chi connectivity index (χ0) is 20.8. The Morgan fingerprint density at radius 3 is 2.37 bits per heavy atom. The van der Waals surface area contributed by atoms with Crippen LogP contribution in [0.5, 0.6) is 0 Å². The smallest absolute Gasteiger partial charge is 0.182 e. The number of benzene rings is 2. The minimum Gasteiger partial charge on any atom is -0.297 e. The standard InChI is InChI=1S/C24H30N6/c1-20(2)30-24(25-26-27-30)23-13-7-6-12-22(23)19-29-17-15-28(16-18-29)14-8-11-21-9-4-3-5-10-21/h3-13,20H,14-19H2,1-2H3. The van der Waals surface area contributed by atoms with Crippen molar-refractivity contribution in [3.8, 4) is 11.4 Å². The summed E-state index contributed by atoms with van der Waals surface area (Å²) < 4.78 is 1.90. The van der Waals surface area contributed by atoms with Crippen molar-refractivity contribution in [3.63, 3.8) is 0 Å². The Morgan fingerprint density at radius 1 is 0.900 bits per heavy atom. The summed E-state index contributed by atoms with van der Waals surface area (Å²) in [6.07, 6.45) is 4.48. The van der Waals surface area contributed by atoms with Gasteiger partial charge in [0, 0.05) is 44.8 Å². The number of nitrogens with zero attached hydrogens (tertiary/aromatic N) is 6. The molecule has 1 fully saturated rings. The van der Waals surface area contributed by atoms with E-state index in [0.717, 1.165) is 50.7 Å². The molecule has 30 heavy (non-hydrogen) atoms. The molecule has 1 aliphatic heterocycles. The molecule has 0 N–H and O–H groups in total. The molecule has 1 aliphatic rings. The Hall–Kier alpha value is -2.83. The monoisotopic (exact) mass is 402 g/mol. The van der Waals surface area contributed by atoms with E-state index < -0.39 is 0 Å². The lowest BCUT2D eigenvalue weighted by atomic mass is 10.1. The van der Waals surface area contributed by atoms with Crippen LogP contribution in [0.15, 0.2) is 60.7 Å². The van der Waals surface area contributed by atoms with Crippen LogP contribution in [0.1, 0.15) is 31.0 Å². The molecular weight excluding hydrogens is 372 g/mol. The summed E-state index contributed by atoms with van der Waals surface area (Å²) >= 11 is 0. The molecule has 0 spiro atoms. The molecule has 156 valence electrons. The van der Waals surface area contributed by atoms with Gasteiger partial charge in [-0.3, -0.25) is 9.80 Å². The SMILES string of the molecule is CC(C)n1nnnc1-c1ccccc1CN1CCN(CC=Cc2ccccc2)CC1. The average molecular weight is 403 g/mol. The molecule has 0 atom stereocenters. The minimum atomic E-state index is 0.232. The topological polar surface area (TPSA) is 50.1 Å². The fraction of sp³-hybridized carbons (Fsp3) is 0.375. The molecule has 0 amide bonds. The molecule has 2 heterocycles. The summed E-state index contributed by atoms with van der Waals surface area (Å²) in [7, 11) is 0. The molecule has 2 aromatic carbocycles. The Labute approximate surface area is 178 Å². The van der Waals surface area contributed by atoms with Crippen LogP contribution in [0.25, 0.3) is 17.5 Å². The highest BCUT2D eigenvalue weighted by Gasteiger charge is 2.19. The summed E-state index contributed by atoms with van der Waals surface area (Å²) in [5.41, 5.74) is 3.67. The van der Waals surface area contributed by atoms with E-state index in [1.165, 1.54) is 11.1 Å². The first kappa shape index (κ1) is 20.4. The predicted octanol–water partition coefficient (Wildman–Crippen LogP) is 3.75. The lowest BCUT2D eigenvalue weighted by Crippen LogP contribution is -2.45. The first-order valence-corrected chi connectivity index (χ1v) is 10.7. The molecule has 1 saturated heterocycles. The third-order valence-corrected chi connectivity index (χ3v) is 5.57. The average Bonchev–Trinajstić information content (AvgIpc) is 3.26. The Morgan fingerprint density at radius 2 is 1.60 bits per heavy atom. The van der Waals surface area contributed by atoms with Crippen LogP contribution in [0.2, 0.25) is 0 Å². The molecule has 0 bridgehead atoms. The maximum atomic E-state index is 4.30. The molecule has 6 nitrogen and oxygen atoms in total. The van der Waals surface area contributed by atoms with Crippen molar-refractivity contribution >= 4 is 6.08 Å². The van der Waals surface area contributed by atoms with Gasteiger partial charge >= 0.3 is 0 Å². The van der Waals surface area contributed by atoms with Gasteiger partial charge in [-0.05, 0) is 35.4 Å². The maximum Gasteiger partial charge on any atom is 0.182 e. The van der Waals surface area contributed by atoms with Gasteiger partial charge in [0.05, 0.1) is 6.04 Å². The first-order chi connectivity index (χ1) is 14.7. The van der Waals surface area contributed by atoms with Crippen LogP contribution in [-0.4, -0.2) is 62.7 Å². The lowest BCUT2D eigenvalue weighted by molar-refractivity contribution is 0.137. The minimum absolute atomic E-state index is 0.232. The number of rotatable bonds is 7. The molecule has 6 heteroatoms. The molecule has 0 unspecified atom stereocenters. The van der Waals surface area contributed by atoms with Gasteiger partial charge in [0.2, 0.25) is 0 Å². The first-order valence-electron chi connectivity index (χ1n) is 10.7. The lowest BCUT2D eigenvalue weighted by Gasteiger charge is -2.34. The third kappa shape index (κ3) is 5.01. The fourth-order valence-corrected chi connectivity index (χ4v) is 3.87. The predicted molar refractivity (Wildman–Crippen MR) is 121 cm³/mol. The van der Waals surface area contributed by atoms with Gasteiger partial charge in [-0.25, -0.2) is 4.68 Å². The Kier molecular flexibility index (Phi) is 6.67. The van der Waals surface area contributed by atoms with Crippen LogP contribution >= 0.6 is 0 Å². The van der Waals surface area contributed by atoms with E-state index in [0.29, 0.717) is 0 Å². The number of piperazine rings is 1. The maximum absolute atomic E-state index is 4.30. The largest absolute Gasteiger partial charge is 0.297 e. The number of aromatic nitrogens is 4. The second-order valence-corrected chi connectivity index (χ2v) is 8.09. The van der Waals surface area contributed by atoms with E-state index in [9.17, 15) is 0 Å². The van der Waals surface area contributed by atoms with E-state index in [1.54, 1.807) is 0 Å². The van der Waals surface area contributed by atoms with Gasteiger partial charge in [0.25, 0.3) is 0 Å². The van der Waals surface area contributed by atoms with E-state index in [1.807, 2.05) is 4.68 Å². The molecule has 4 rings (SSSR count). The molecule has 0 radical (unpaired) electrons. The number of hydrogen-bond donors (Lipinski definition) is 0. The molecular formula is C24H30N6. The van der Waals surface area contributed by atoms with Crippen molar-refractivity contribution in [2.45, 2.75) is 26.4 Å². The van der Waals surface area contributed by atoms with E-state index in [4.69, 9.17) is 0 Å². The van der Waals surface area contributed by atoms with Crippen molar-refractivity contribution in [3.05, 3.63) is 71.8 Å². The molecule has 0 aliphatic carbocycles. The van der Waals surface area contributed by atoms with Crippen LogP contribution in [0.3, 0.4) is 0 Å². The van der Waals surface area contributed by atoms with Crippen molar-refractivity contribution in [1.29, 1.82) is 0 Å². The summed E-state index contributed by atoms with van der Waals surface area (Å²) in [6, 6.07) is 19.2. The van der Waals surface area contributed by atoms with Crippen molar-refractivity contribution in [1.82, 2.24) is 30.0 Å². The second-order valence-electron chi connectivity index (χ2n) is 8.09. The van der Waals surface area contributed by atoms with Gasteiger partial charge < -0.3 is 0 Å². The van der Waals surface area contributed by atoms with Gasteiger partial charge in [0.1, 0.15) is 0 Å². The van der Waals surface area contributed by atoms with E-state index in [-0.39, 0.29) is 6.04 Å². The number of tetrazole rings is 1. The van der Waals surface area contributed by atoms with Crippen molar-refractivity contribution in [2.75, 3.05) is 32.7 Å². The summed E-state index contributed by atoms with van der Waals surface area (Å²) in [4.78, 5) is 5.04. The summed E-state index contributed by atoms with van der Waals surface area (Å²) in [5.74, 6) is 0.852. The second kappa shape index (κ2) is 9.78. The number of hydrogen-bond acceptors (Lipinski definition) is 5. The zero-order valence-electron chi connectivity index (χ0n) is 17.9. The quantitative estimate of drug-likeness (QED) is 0.602. The van der Waals surface area contributed by atoms with Gasteiger partial charge in [0.15, 0.2) is 5.82 Å². The van der Waals surface area contributed by atoms with Crippen molar-refractivity contribution < 1.29 is 0 Å². The summed E-state index contributed by atoms with van der Waals surface area (Å²) in [6.45, 7) is 10.5. The molecule has 3 aromatic rings. The van der Waals surface area contributed by atoms with E-state index in [2.05, 4.69) is 106 Å². The van der Waals surface area contributed by atoms with Crippen LogP contribution < -0.4 is 0 Å². The van der Waals surface area contributed by atoms with E-state index >= 15 is 0 Å².